The number of methoxy groups -OCH3 is 2. The smallest absolute Gasteiger partial charge is 0.246 e. The Balaban J connectivity index is 1.50. The summed E-state index contributed by atoms with van der Waals surface area (Å²) in [4.78, 5) is 24.9. The number of hydrogen-bond donors (Lipinski definition) is 1. The Labute approximate surface area is 257 Å². The van der Waals surface area contributed by atoms with Gasteiger partial charge in [0.1, 0.15) is 6.35 Å². The molecule has 0 amide bonds. The van der Waals surface area contributed by atoms with Crippen molar-refractivity contribution in [2.24, 2.45) is 0 Å². The molecule has 0 aliphatic carbocycles. The maximum absolute atomic E-state index is 12.4. The number of fused-ring (bicyclic) bond motifs is 1. The molecule has 1 unspecified atom stereocenters. The first-order chi connectivity index (χ1) is 20.9. The molecule has 12 nitrogen and oxygen atoms in total. The van der Waals surface area contributed by atoms with Crippen molar-refractivity contribution in [1.29, 1.82) is 0 Å². The summed E-state index contributed by atoms with van der Waals surface area (Å²) in [6, 6.07) is 0. The SMILES string of the molecule is CCCCCCCCCCCCCCCCOCCCOP(=O)([O-])CO[C@H](COC)Cn1cnc2c(OC)nc(N)nc21. The van der Waals surface area contributed by atoms with Gasteiger partial charge in [0.25, 0.3) is 0 Å². The quantitative estimate of drug-likeness (QED) is 0.0889. The van der Waals surface area contributed by atoms with Crippen LogP contribution in [0, 0.1) is 0 Å². The van der Waals surface area contributed by atoms with Gasteiger partial charge in [0, 0.05) is 20.3 Å². The summed E-state index contributed by atoms with van der Waals surface area (Å²) in [5.74, 6) is 0.294. The molecule has 0 aromatic carbocycles. The number of ether oxygens (including phenoxy) is 4. The second-order valence-electron chi connectivity index (χ2n) is 11.0. The lowest BCUT2D eigenvalue weighted by molar-refractivity contribution is -0.206. The maximum atomic E-state index is 12.4. The van der Waals surface area contributed by atoms with Crippen molar-refractivity contribution in [2.45, 2.75) is 116 Å². The topological polar surface area (TPSA) is 156 Å². The first kappa shape index (κ1) is 37.4. The van der Waals surface area contributed by atoms with Crippen LogP contribution in [0.1, 0.15) is 103 Å². The largest absolute Gasteiger partial charge is 0.777 e. The summed E-state index contributed by atoms with van der Waals surface area (Å²) in [6.45, 7) is 3.87. The highest BCUT2D eigenvalue weighted by Crippen LogP contribution is 2.37. The zero-order valence-electron chi connectivity index (χ0n) is 26.7. The molecule has 2 rings (SSSR count). The van der Waals surface area contributed by atoms with Crippen molar-refractivity contribution < 1.29 is 32.9 Å². The fraction of sp³-hybridized carbons (Fsp3) is 0.833. The Morgan fingerprint density at radius 1 is 0.884 bits per heavy atom. The molecule has 2 aromatic heterocycles. The molecule has 0 saturated carbocycles. The van der Waals surface area contributed by atoms with Gasteiger partial charge in [-0.25, -0.2) is 4.98 Å². The highest BCUT2D eigenvalue weighted by molar-refractivity contribution is 7.51. The number of nitrogens with two attached hydrogens (primary N) is 1. The molecule has 2 N–H and O–H groups in total. The molecule has 0 aliphatic heterocycles. The van der Waals surface area contributed by atoms with Crippen LogP contribution in [-0.4, -0.2) is 72.6 Å². The number of imidazole rings is 1. The second kappa shape index (κ2) is 22.7. The van der Waals surface area contributed by atoms with Crippen molar-refractivity contribution in [3.8, 4) is 5.88 Å². The molecule has 2 atom stereocenters. The van der Waals surface area contributed by atoms with Gasteiger partial charge in [-0.15, -0.1) is 0 Å². The Hall–Kier alpha value is -1.82. The number of unbranched alkanes of at least 4 members (excludes halogenated alkanes) is 13. The normalized spacial score (nSPS) is 13.9. The highest BCUT2D eigenvalue weighted by Gasteiger charge is 2.19. The molecule has 0 spiro atoms. The predicted molar refractivity (Wildman–Crippen MR) is 167 cm³/mol. The first-order valence-electron chi connectivity index (χ1n) is 16.1. The Kier molecular flexibility index (Phi) is 19.7. The number of hydrogen-bond acceptors (Lipinski definition) is 11. The van der Waals surface area contributed by atoms with Gasteiger partial charge in [0.05, 0.1) is 39.3 Å². The number of nitrogen functional groups attached to an aromatic ring is 1. The molecule has 0 saturated heterocycles. The summed E-state index contributed by atoms with van der Waals surface area (Å²) in [6.07, 6.45) is 19.4. The first-order valence-corrected chi connectivity index (χ1v) is 17.8. The van der Waals surface area contributed by atoms with E-state index in [1.807, 2.05) is 0 Å². The molecule has 0 bridgehead atoms. The Morgan fingerprint density at radius 2 is 1.49 bits per heavy atom. The van der Waals surface area contributed by atoms with E-state index in [0.29, 0.717) is 30.8 Å². The van der Waals surface area contributed by atoms with Crippen LogP contribution < -0.4 is 15.4 Å². The van der Waals surface area contributed by atoms with E-state index in [9.17, 15) is 9.46 Å². The number of nitrogens with zero attached hydrogens (tertiary/aromatic N) is 4. The average Bonchev–Trinajstić information content (AvgIpc) is 3.39. The van der Waals surface area contributed by atoms with E-state index in [1.54, 1.807) is 10.9 Å². The Bertz CT molecular complexity index is 1040. The summed E-state index contributed by atoms with van der Waals surface area (Å²) >= 11 is 0. The maximum Gasteiger partial charge on any atom is 0.246 e. The summed E-state index contributed by atoms with van der Waals surface area (Å²) in [5, 5.41) is 0. The van der Waals surface area contributed by atoms with Crippen LogP contribution in [-0.2, 0) is 29.8 Å². The van der Waals surface area contributed by atoms with Crippen molar-refractivity contribution in [1.82, 2.24) is 19.5 Å². The Morgan fingerprint density at radius 3 is 2.09 bits per heavy atom. The van der Waals surface area contributed by atoms with Gasteiger partial charge in [-0.3, -0.25) is 0 Å². The minimum absolute atomic E-state index is 0.0383. The van der Waals surface area contributed by atoms with Crippen LogP contribution in [0.5, 0.6) is 5.88 Å². The number of anilines is 1. The van der Waals surface area contributed by atoms with E-state index >= 15 is 0 Å². The standard InChI is InChI=1S/C30H56N5O7P/c1-4-5-6-7-8-9-10-11-12-13-14-15-16-17-19-40-20-18-21-42-43(36,37)25-41-26(23-38-2)22-35-24-32-27-28(35)33-30(31)34-29(27)39-3/h24,26H,4-23,25H2,1-3H3,(H,36,37)(H2,31,33,34)/p-1/t26-/m0/s1. The van der Waals surface area contributed by atoms with Gasteiger partial charge in [0.2, 0.25) is 11.8 Å². The van der Waals surface area contributed by atoms with E-state index in [-0.39, 0.29) is 31.6 Å². The fourth-order valence-corrected chi connectivity index (χ4v) is 5.74. The third-order valence-corrected chi connectivity index (χ3v) is 8.27. The predicted octanol–water partition coefficient (Wildman–Crippen LogP) is 5.86. The molecule has 0 radical (unpaired) electrons. The van der Waals surface area contributed by atoms with Gasteiger partial charge in [-0.05, 0) is 12.8 Å². The van der Waals surface area contributed by atoms with Crippen LogP contribution in [0.4, 0.5) is 5.95 Å². The minimum Gasteiger partial charge on any atom is -0.777 e. The zero-order chi connectivity index (χ0) is 31.2. The van der Waals surface area contributed by atoms with Crippen LogP contribution in [0.15, 0.2) is 6.33 Å². The minimum atomic E-state index is -4.20. The van der Waals surface area contributed by atoms with Crippen LogP contribution in [0.2, 0.25) is 0 Å². The monoisotopic (exact) mass is 628 g/mol. The third kappa shape index (κ3) is 16.2. The van der Waals surface area contributed by atoms with Gasteiger partial charge in [0.15, 0.2) is 18.8 Å². The molecular formula is C30H55N5O7P-. The number of rotatable bonds is 28. The highest BCUT2D eigenvalue weighted by atomic mass is 31.2. The van der Waals surface area contributed by atoms with Crippen molar-refractivity contribution >= 4 is 24.7 Å². The second-order valence-corrected chi connectivity index (χ2v) is 12.8. The van der Waals surface area contributed by atoms with E-state index in [2.05, 4.69) is 21.9 Å². The molecule has 2 heterocycles. The average molecular weight is 629 g/mol. The van der Waals surface area contributed by atoms with Gasteiger partial charge in [-0.2, -0.15) is 9.97 Å². The molecule has 2 aromatic rings. The van der Waals surface area contributed by atoms with E-state index in [4.69, 9.17) is 29.2 Å². The van der Waals surface area contributed by atoms with Gasteiger partial charge in [-0.1, -0.05) is 90.4 Å². The van der Waals surface area contributed by atoms with E-state index in [0.717, 1.165) is 6.42 Å². The summed E-state index contributed by atoms with van der Waals surface area (Å²) in [7, 11) is -1.22. The summed E-state index contributed by atoms with van der Waals surface area (Å²) < 4.78 is 40.9. The molecular weight excluding hydrogens is 573 g/mol. The van der Waals surface area contributed by atoms with Gasteiger partial charge >= 0.3 is 0 Å². The van der Waals surface area contributed by atoms with Crippen molar-refractivity contribution in [3.05, 3.63) is 6.33 Å². The van der Waals surface area contributed by atoms with E-state index < -0.39 is 20.0 Å². The molecule has 0 fully saturated rings. The molecule has 0 aliphatic rings. The molecule has 13 heteroatoms. The van der Waals surface area contributed by atoms with Crippen LogP contribution >= 0.6 is 7.60 Å². The lowest BCUT2D eigenvalue weighted by atomic mass is 10.0. The van der Waals surface area contributed by atoms with Gasteiger partial charge < -0.3 is 43.2 Å². The lowest BCUT2D eigenvalue weighted by Crippen LogP contribution is -2.27. The zero-order valence-corrected chi connectivity index (χ0v) is 27.6. The fourth-order valence-electron chi connectivity index (χ4n) is 4.87. The van der Waals surface area contributed by atoms with Crippen molar-refractivity contribution in [2.75, 3.05) is 52.7 Å². The van der Waals surface area contributed by atoms with E-state index in [1.165, 1.54) is 97.7 Å². The van der Waals surface area contributed by atoms with Crippen LogP contribution in [0.3, 0.4) is 0 Å². The number of aromatic nitrogens is 4. The van der Waals surface area contributed by atoms with Crippen LogP contribution in [0.25, 0.3) is 11.2 Å². The lowest BCUT2D eigenvalue weighted by Gasteiger charge is -2.26. The van der Waals surface area contributed by atoms with Crippen molar-refractivity contribution in [3.63, 3.8) is 0 Å². The third-order valence-electron chi connectivity index (χ3n) is 7.23. The molecule has 248 valence electrons. The summed E-state index contributed by atoms with van der Waals surface area (Å²) in [5.41, 5.74) is 6.66. The molecule has 43 heavy (non-hydrogen) atoms.